The molecule has 1 nitrogen and oxygen atoms in total. The number of hydrogen-bond acceptors (Lipinski definition) is 1. The fourth-order valence-electron chi connectivity index (χ4n) is 2.38. The van der Waals surface area contributed by atoms with E-state index in [1.807, 2.05) is 0 Å². The largest absolute Gasteiger partial charge is 0.310 e. The lowest BCUT2D eigenvalue weighted by Crippen LogP contribution is -2.19. The van der Waals surface area contributed by atoms with Crippen LogP contribution in [0.15, 0.2) is 35.9 Å². The van der Waals surface area contributed by atoms with Gasteiger partial charge in [0.2, 0.25) is 0 Å². The highest BCUT2D eigenvalue weighted by atomic mass is 127. The van der Waals surface area contributed by atoms with Crippen molar-refractivity contribution in [1.29, 1.82) is 0 Å². The number of likely N-dealkylation sites (N-methyl/N-ethyl adjacent to an activating group) is 1. The minimum atomic E-state index is 0.412. The summed E-state index contributed by atoms with van der Waals surface area (Å²) in [5, 5.41) is 3.44. The van der Waals surface area contributed by atoms with Crippen LogP contribution in [0.3, 0.4) is 0 Å². The lowest BCUT2D eigenvalue weighted by atomic mass is 9.90. The third-order valence-electron chi connectivity index (χ3n) is 3.17. The van der Waals surface area contributed by atoms with Crippen molar-refractivity contribution < 1.29 is 0 Å². The summed E-state index contributed by atoms with van der Waals surface area (Å²) in [6.45, 7) is 0. The van der Waals surface area contributed by atoms with E-state index in [1.54, 1.807) is 5.57 Å². The Labute approximate surface area is 111 Å². The quantitative estimate of drug-likeness (QED) is 0.652. The van der Waals surface area contributed by atoms with E-state index in [0.29, 0.717) is 6.04 Å². The van der Waals surface area contributed by atoms with Crippen LogP contribution in [0, 0.1) is 3.57 Å². The van der Waals surface area contributed by atoms with Gasteiger partial charge in [0.25, 0.3) is 0 Å². The van der Waals surface area contributed by atoms with E-state index >= 15 is 0 Å². The van der Waals surface area contributed by atoms with Crippen LogP contribution in [-0.4, -0.2) is 7.05 Å². The molecular formula is C14H18IN. The molecule has 2 rings (SSSR count). The average molecular weight is 327 g/mol. The molecule has 0 bridgehead atoms. The zero-order valence-electron chi connectivity index (χ0n) is 9.67. The van der Waals surface area contributed by atoms with Gasteiger partial charge < -0.3 is 5.32 Å². The molecule has 1 aliphatic carbocycles. The molecule has 1 aliphatic rings. The second kappa shape index (κ2) is 5.82. The van der Waals surface area contributed by atoms with Crippen LogP contribution in [0.1, 0.15) is 37.3 Å². The van der Waals surface area contributed by atoms with Gasteiger partial charge in [-0.25, -0.2) is 0 Å². The molecule has 0 fully saturated rings. The first-order chi connectivity index (χ1) is 7.81. The first-order valence-corrected chi connectivity index (χ1v) is 7.01. The Morgan fingerprint density at radius 2 is 2.19 bits per heavy atom. The van der Waals surface area contributed by atoms with Gasteiger partial charge in [0.15, 0.2) is 0 Å². The fourth-order valence-corrected chi connectivity index (χ4v) is 2.94. The van der Waals surface area contributed by atoms with Crippen LogP contribution < -0.4 is 5.32 Å². The third-order valence-corrected chi connectivity index (χ3v) is 3.84. The van der Waals surface area contributed by atoms with Crippen molar-refractivity contribution in [3.63, 3.8) is 0 Å². The third kappa shape index (κ3) is 2.86. The van der Waals surface area contributed by atoms with Crippen molar-refractivity contribution in [2.24, 2.45) is 0 Å². The van der Waals surface area contributed by atoms with E-state index in [9.17, 15) is 0 Å². The van der Waals surface area contributed by atoms with Gasteiger partial charge in [-0.15, -0.1) is 0 Å². The van der Waals surface area contributed by atoms with Crippen molar-refractivity contribution in [3.05, 3.63) is 45.0 Å². The van der Waals surface area contributed by atoms with E-state index in [4.69, 9.17) is 0 Å². The van der Waals surface area contributed by atoms with Gasteiger partial charge in [0.05, 0.1) is 6.04 Å². The number of hydrogen-bond donors (Lipinski definition) is 1. The molecule has 1 N–H and O–H groups in total. The fraction of sp³-hybridized carbons (Fsp3) is 0.429. The molecule has 1 aromatic rings. The summed E-state index contributed by atoms with van der Waals surface area (Å²) in [4.78, 5) is 0. The molecule has 86 valence electrons. The Balaban J connectivity index is 2.25. The predicted molar refractivity (Wildman–Crippen MR) is 77.5 cm³/mol. The predicted octanol–water partition coefficient (Wildman–Crippen LogP) is 4.05. The van der Waals surface area contributed by atoms with E-state index < -0.39 is 0 Å². The Morgan fingerprint density at radius 3 is 2.81 bits per heavy atom. The molecule has 2 heteroatoms. The van der Waals surface area contributed by atoms with Gasteiger partial charge in [-0.2, -0.15) is 0 Å². The highest BCUT2D eigenvalue weighted by Gasteiger charge is 2.16. The van der Waals surface area contributed by atoms with E-state index in [0.717, 1.165) is 0 Å². The summed E-state index contributed by atoms with van der Waals surface area (Å²) >= 11 is 2.38. The van der Waals surface area contributed by atoms with Crippen molar-refractivity contribution >= 4 is 22.6 Å². The zero-order chi connectivity index (χ0) is 11.4. The monoisotopic (exact) mass is 327 g/mol. The summed E-state index contributed by atoms with van der Waals surface area (Å²) in [6.07, 6.45) is 7.61. The van der Waals surface area contributed by atoms with Crippen LogP contribution in [0.4, 0.5) is 0 Å². The van der Waals surface area contributed by atoms with Crippen LogP contribution in [0.25, 0.3) is 0 Å². The van der Waals surface area contributed by atoms with Crippen LogP contribution in [0.5, 0.6) is 0 Å². The van der Waals surface area contributed by atoms with Crippen molar-refractivity contribution in [3.8, 4) is 0 Å². The van der Waals surface area contributed by atoms with Crippen LogP contribution in [-0.2, 0) is 0 Å². The van der Waals surface area contributed by atoms with Gasteiger partial charge in [-0.05, 0) is 73.0 Å². The lowest BCUT2D eigenvalue weighted by Gasteiger charge is -2.23. The highest BCUT2D eigenvalue weighted by Crippen LogP contribution is 2.30. The smallest absolute Gasteiger partial charge is 0.0533 e. The van der Waals surface area contributed by atoms with Gasteiger partial charge >= 0.3 is 0 Å². The number of benzene rings is 1. The summed E-state index contributed by atoms with van der Waals surface area (Å²) in [5.74, 6) is 0. The van der Waals surface area contributed by atoms with Gasteiger partial charge in [-0.3, -0.25) is 0 Å². The Morgan fingerprint density at radius 1 is 1.31 bits per heavy atom. The number of nitrogens with one attached hydrogen (secondary N) is 1. The molecule has 1 aromatic carbocycles. The van der Waals surface area contributed by atoms with Crippen molar-refractivity contribution in [2.75, 3.05) is 7.05 Å². The normalized spacial score (nSPS) is 18.0. The maximum atomic E-state index is 3.44. The second-order valence-electron chi connectivity index (χ2n) is 4.30. The molecule has 0 amide bonds. The van der Waals surface area contributed by atoms with Crippen LogP contribution >= 0.6 is 22.6 Å². The Kier molecular flexibility index (Phi) is 4.41. The summed E-state index contributed by atoms with van der Waals surface area (Å²) < 4.78 is 1.31. The first kappa shape index (κ1) is 12.1. The standard InChI is InChI=1S/C14H18IN/c1-16-14(11-6-3-2-4-7-11)12-8-5-9-13(15)10-12/h5-6,8-10,14,16H,2-4,7H2,1H3. The molecule has 1 atom stereocenters. The molecule has 0 heterocycles. The second-order valence-corrected chi connectivity index (χ2v) is 5.55. The number of halogens is 1. The van der Waals surface area contributed by atoms with Gasteiger partial charge in [-0.1, -0.05) is 23.8 Å². The summed E-state index contributed by atoms with van der Waals surface area (Å²) in [6, 6.07) is 9.20. The molecule has 0 radical (unpaired) electrons. The topological polar surface area (TPSA) is 12.0 Å². The average Bonchev–Trinajstić information content (AvgIpc) is 2.31. The Hall–Kier alpha value is -0.350. The van der Waals surface area contributed by atoms with Gasteiger partial charge in [0, 0.05) is 3.57 Å². The summed E-state index contributed by atoms with van der Waals surface area (Å²) in [5.41, 5.74) is 2.96. The maximum Gasteiger partial charge on any atom is 0.0533 e. The van der Waals surface area contributed by atoms with Crippen molar-refractivity contribution in [1.82, 2.24) is 5.32 Å². The van der Waals surface area contributed by atoms with Crippen LogP contribution in [0.2, 0.25) is 0 Å². The number of allylic oxidation sites excluding steroid dienone is 1. The minimum absolute atomic E-state index is 0.412. The molecule has 0 saturated heterocycles. The minimum Gasteiger partial charge on any atom is -0.310 e. The van der Waals surface area contributed by atoms with E-state index in [2.05, 4.69) is 65.3 Å². The molecule has 16 heavy (non-hydrogen) atoms. The van der Waals surface area contributed by atoms with Gasteiger partial charge in [0.1, 0.15) is 0 Å². The molecule has 0 aromatic heterocycles. The lowest BCUT2D eigenvalue weighted by molar-refractivity contribution is 0.593. The zero-order valence-corrected chi connectivity index (χ0v) is 11.8. The molecular weight excluding hydrogens is 309 g/mol. The summed E-state index contributed by atoms with van der Waals surface area (Å²) in [7, 11) is 2.06. The van der Waals surface area contributed by atoms with Crippen molar-refractivity contribution in [2.45, 2.75) is 31.7 Å². The molecule has 0 aliphatic heterocycles. The molecule has 1 unspecified atom stereocenters. The van der Waals surface area contributed by atoms with E-state index in [1.165, 1.54) is 34.8 Å². The maximum absolute atomic E-state index is 3.44. The SMILES string of the molecule is CNC(C1=CCCCC1)c1cccc(I)c1. The molecule has 0 spiro atoms. The molecule has 0 saturated carbocycles. The highest BCUT2D eigenvalue weighted by molar-refractivity contribution is 14.1. The first-order valence-electron chi connectivity index (χ1n) is 5.93. The van der Waals surface area contributed by atoms with E-state index in [-0.39, 0.29) is 0 Å². The Bertz CT molecular complexity index is 384. The number of rotatable bonds is 3.